The molecular formula is C13H20N2O4. The third-order valence-corrected chi connectivity index (χ3v) is 3.71. The zero-order valence-corrected chi connectivity index (χ0v) is 11.2. The first-order valence-electron chi connectivity index (χ1n) is 6.69. The van der Waals surface area contributed by atoms with E-state index in [1.54, 1.807) is 9.80 Å². The highest BCUT2D eigenvalue weighted by molar-refractivity contribution is 5.71. The number of carbonyl (C=O) groups is 2. The summed E-state index contributed by atoms with van der Waals surface area (Å²) in [5.41, 5.74) is 0. The first-order chi connectivity index (χ1) is 9.15. The van der Waals surface area contributed by atoms with Crippen molar-refractivity contribution in [2.75, 3.05) is 19.6 Å². The van der Waals surface area contributed by atoms with Crippen molar-refractivity contribution in [3.8, 4) is 0 Å². The summed E-state index contributed by atoms with van der Waals surface area (Å²) < 4.78 is 10.0. The second kappa shape index (κ2) is 5.95. The van der Waals surface area contributed by atoms with Gasteiger partial charge in [0.05, 0.1) is 12.8 Å². The van der Waals surface area contributed by atoms with Crippen molar-refractivity contribution in [2.24, 2.45) is 0 Å². The zero-order valence-electron chi connectivity index (χ0n) is 11.2. The smallest absolute Gasteiger partial charge is 0.414 e. The molecule has 2 aliphatic heterocycles. The van der Waals surface area contributed by atoms with Crippen molar-refractivity contribution in [1.82, 2.24) is 9.80 Å². The maximum absolute atomic E-state index is 11.7. The molecule has 0 spiro atoms. The number of piperidine rings is 1. The van der Waals surface area contributed by atoms with Crippen molar-refractivity contribution in [3.05, 3.63) is 12.8 Å². The lowest BCUT2D eigenvalue weighted by Gasteiger charge is -2.34. The molecule has 0 aromatic carbocycles. The average Bonchev–Trinajstić information content (AvgIpc) is 2.80. The molecule has 6 nitrogen and oxygen atoms in total. The molecule has 0 radical (unpaired) electrons. The molecule has 106 valence electrons. The summed E-state index contributed by atoms with van der Waals surface area (Å²) in [5.74, 6) is 0. The lowest BCUT2D eigenvalue weighted by atomic mass is 10.0. The van der Waals surface area contributed by atoms with Crippen LogP contribution in [0.3, 0.4) is 0 Å². The van der Waals surface area contributed by atoms with Crippen molar-refractivity contribution in [1.29, 1.82) is 0 Å². The van der Waals surface area contributed by atoms with Gasteiger partial charge in [-0.25, -0.2) is 9.59 Å². The van der Waals surface area contributed by atoms with Gasteiger partial charge in [-0.05, 0) is 19.3 Å². The lowest BCUT2D eigenvalue weighted by molar-refractivity contribution is 0.0994. The van der Waals surface area contributed by atoms with Gasteiger partial charge in [0.2, 0.25) is 0 Å². The molecule has 1 atom stereocenters. The molecule has 1 unspecified atom stereocenters. The maximum atomic E-state index is 11.7. The highest BCUT2D eigenvalue weighted by Gasteiger charge is 2.37. The highest BCUT2D eigenvalue weighted by atomic mass is 16.6. The predicted molar refractivity (Wildman–Crippen MR) is 68.5 cm³/mol. The Hall–Kier alpha value is -1.72. The Labute approximate surface area is 112 Å². The van der Waals surface area contributed by atoms with E-state index >= 15 is 0 Å². The lowest BCUT2D eigenvalue weighted by Crippen LogP contribution is -2.47. The normalized spacial score (nSPS) is 24.3. The third kappa shape index (κ3) is 3.00. The van der Waals surface area contributed by atoms with E-state index in [0.29, 0.717) is 19.6 Å². The maximum Gasteiger partial charge on any atom is 0.414 e. The van der Waals surface area contributed by atoms with Crippen LogP contribution in [0.15, 0.2) is 12.8 Å². The van der Waals surface area contributed by atoms with E-state index in [9.17, 15) is 9.59 Å². The average molecular weight is 268 g/mol. The number of hydrogen-bond acceptors (Lipinski definition) is 4. The van der Waals surface area contributed by atoms with E-state index in [2.05, 4.69) is 6.58 Å². The summed E-state index contributed by atoms with van der Waals surface area (Å²) in [5, 5.41) is 0. The molecular weight excluding hydrogens is 248 g/mol. The summed E-state index contributed by atoms with van der Waals surface area (Å²) in [6.07, 6.45) is 2.92. The molecule has 2 fully saturated rings. The summed E-state index contributed by atoms with van der Waals surface area (Å²) in [6, 6.07) is 0.164. The molecule has 2 aliphatic rings. The highest BCUT2D eigenvalue weighted by Crippen LogP contribution is 2.23. The van der Waals surface area contributed by atoms with Gasteiger partial charge >= 0.3 is 12.2 Å². The monoisotopic (exact) mass is 268 g/mol. The molecule has 0 bridgehead atoms. The number of hydrogen-bond donors (Lipinski definition) is 0. The van der Waals surface area contributed by atoms with Crippen LogP contribution in [0.2, 0.25) is 0 Å². The largest absolute Gasteiger partial charge is 0.444 e. The van der Waals surface area contributed by atoms with Crippen LogP contribution < -0.4 is 0 Å². The van der Waals surface area contributed by atoms with Gasteiger partial charge in [0, 0.05) is 19.1 Å². The minimum Gasteiger partial charge on any atom is -0.444 e. The van der Waals surface area contributed by atoms with Crippen LogP contribution in [-0.4, -0.2) is 53.8 Å². The number of carbonyl (C=O) groups excluding carboxylic acids is 2. The molecule has 0 aliphatic carbocycles. The molecule has 0 saturated carbocycles. The minimum atomic E-state index is -0.371. The first-order valence-corrected chi connectivity index (χ1v) is 6.69. The number of ether oxygens (including phenoxy) is 2. The van der Waals surface area contributed by atoms with Crippen LogP contribution in [0.4, 0.5) is 9.59 Å². The number of nitrogens with zero attached hydrogens (tertiary/aromatic N) is 2. The van der Waals surface area contributed by atoms with Crippen LogP contribution >= 0.6 is 0 Å². The Bertz CT molecular complexity index is 364. The van der Waals surface area contributed by atoms with Gasteiger partial charge in [0.15, 0.2) is 0 Å². The first kappa shape index (κ1) is 13.7. The van der Waals surface area contributed by atoms with Crippen LogP contribution in [0, 0.1) is 0 Å². The minimum absolute atomic E-state index is 0.0104. The number of amides is 2. The third-order valence-electron chi connectivity index (χ3n) is 3.71. The van der Waals surface area contributed by atoms with E-state index < -0.39 is 0 Å². The Morgan fingerprint density at radius 3 is 2.74 bits per heavy atom. The van der Waals surface area contributed by atoms with Crippen molar-refractivity contribution in [3.63, 3.8) is 0 Å². The van der Waals surface area contributed by atoms with Crippen molar-refractivity contribution < 1.29 is 19.1 Å². The molecule has 6 heteroatoms. The van der Waals surface area contributed by atoms with Gasteiger partial charge in [-0.3, -0.25) is 0 Å². The number of cyclic esters (lactones) is 1. The van der Waals surface area contributed by atoms with Crippen LogP contribution in [0.25, 0.3) is 0 Å². The number of rotatable bonds is 3. The molecule has 2 heterocycles. The fourth-order valence-electron chi connectivity index (χ4n) is 2.56. The van der Waals surface area contributed by atoms with E-state index in [1.807, 2.05) is 6.92 Å². The molecule has 0 aromatic rings. The van der Waals surface area contributed by atoms with Gasteiger partial charge in [-0.1, -0.05) is 13.5 Å². The van der Waals surface area contributed by atoms with Crippen LogP contribution in [-0.2, 0) is 9.47 Å². The predicted octanol–water partition coefficient (Wildman–Crippen LogP) is 1.96. The summed E-state index contributed by atoms with van der Waals surface area (Å²) in [6.45, 7) is 7.23. The van der Waals surface area contributed by atoms with Crippen LogP contribution in [0.1, 0.15) is 26.2 Å². The molecule has 0 N–H and O–H groups in total. The fraction of sp³-hybridized carbons (Fsp3) is 0.692. The van der Waals surface area contributed by atoms with Gasteiger partial charge in [0.1, 0.15) is 6.10 Å². The molecule has 2 amide bonds. The zero-order chi connectivity index (χ0) is 13.8. The topological polar surface area (TPSA) is 59.1 Å². The summed E-state index contributed by atoms with van der Waals surface area (Å²) in [4.78, 5) is 26.7. The molecule has 19 heavy (non-hydrogen) atoms. The van der Waals surface area contributed by atoms with E-state index in [-0.39, 0.29) is 24.3 Å². The molecule has 2 rings (SSSR count). The Balaban J connectivity index is 1.85. The van der Waals surface area contributed by atoms with E-state index in [4.69, 9.17) is 9.47 Å². The fourth-order valence-corrected chi connectivity index (χ4v) is 2.56. The standard InChI is InChI=1S/C13H20N2O4/c1-3-11-9-15(13(17)19-11)10-5-7-14(8-6-10)12(16)18-4-2/h4,10-11H,2-3,5-9H2,1H3. The molecule has 0 aromatic heterocycles. The summed E-state index contributed by atoms with van der Waals surface area (Å²) >= 11 is 0. The molecule has 2 saturated heterocycles. The SMILES string of the molecule is C=COC(=O)N1CCC(N2CC(CC)OC2=O)CC1. The van der Waals surface area contributed by atoms with Gasteiger partial charge in [0.25, 0.3) is 0 Å². The number of likely N-dealkylation sites (tertiary alicyclic amines) is 1. The second-order valence-electron chi connectivity index (χ2n) is 4.84. The van der Waals surface area contributed by atoms with Gasteiger partial charge < -0.3 is 19.3 Å². The Kier molecular flexibility index (Phi) is 4.29. The Morgan fingerprint density at radius 1 is 1.53 bits per heavy atom. The van der Waals surface area contributed by atoms with Gasteiger partial charge in [-0.2, -0.15) is 0 Å². The van der Waals surface area contributed by atoms with Gasteiger partial charge in [-0.15, -0.1) is 0 Å². The van der Waals surface area contributed by atoms with E-state index in [1.165, 1.54) is 0 Å². The van der Waals surface area contributed by atoms with Crippen molar-refractivity contribution >= 4 is 12.2 Å². The van der Waals surface area contributed by atoms with Crippen LogP contribution in [0.5, 0.6) is 0 Å². The van der Waals surface area contributed by atoms with Crippen molar-refractivity contribution in [2.45, 2.75) is 38.3 Å². The second-order valence-corrected chi connectivity index (χ2v) is 4.84. The Morgan fingerprint density at radius 2 is 2.21 bits per heavy atom. The summed E-state index contributed by atoms with van der Waals surface area (Å²) in [7, 11) is 0. The van der Waals surface area contributed by atoms with E-state index in [0.717, 1.165) is 25.5 Å². The quantitative estimate of drug-likeness (QED) is 0.734.